The molecule has 0 aliphatic heterocycles. The van der Waals surface area contributed by atoms with Gasteiger partial charge in [0.25, 0.3) is 0 Å². The fourth-order valence-corrected chi connectivity index (χ4v) is 8.34. The molecule has 216 valence electrons. The number of benzene rings is 8. The topological polar surface area (TPSA) is 13.1 Å². The summed E-state index contributed by atoms with van der Waals surface area (Å²) < 4.78 is 6.56. The van der Waals surface area contributed by atoms with Crippen LogP contribution in [0.5, 0.6) is 0 Å². The summed E-state index contributed by atoms with van der Waals surface area (Å²) in [4.78, 5) is 0. The average molecular weight is 587 g/mol. The van der Waals surface area contributed by atoms with Crippen molar-refractivity contribution in [3.63, 3.8) is 0 Å². The monoisotopic (exact) mass is 586 g/mol. The van der Waals surface area contributed by atoms with Crippen LogP contribution in [0.3, 0.4) is 0 Å². The fourth-order valence-electron chi connectivity index (χ4n) is 8.34. The molecule has 1 aliphatic rings. The van der Waals surface area contributed by atoms with Crippen LogP contribution in [0.1, 0.15) is 25.0 Å². The van der Waals surface area contributed by atoms with Crippen molar-refractivity contribution in [3.8, 4) is 33.4 Å². The molecule has 0 saturated carbocycles. The van der Waals surface area contributed by atoms with Crippen LogP contribution in [0.25, 0.3) is 87.6 Å². The lowest BCUT2D eigenvalue weighted by Crippen LogP contribution is -2.15. The van der Waals surface area contributed by atoms with Crippen LogP contribution in [0, 0.1) is 0 Å². The minimum absolute atomic E-state index is 0.156. The summed E-state index contributed by atoms with van der Waals surface area (Å²) in [5, 5.41) is 9.82. The Morgan fingerprint density at radius 3 is 2.02 bits per heavy atom. The molecular weight excluding hydrogens is 556 g/mol. The minimum atomic E-state index is -0.156. The first-order chi connectivity index (χ1) is 22.6. The molecule has 46 heavy (non-hydrogen) atoms. The Hall–Kier alpha value is -5.66. The van der Waals surface area contributed by atoms with Crippen LogP contribution in [0.2, 0.25) is 0 Å². The normalized spacial score (nSPS) is 13.6. The fraction of sp³-hybridized carbons (Fsp3) is 0.0667. The van der Waals surface area contributed by atoms with Gasteiger partial charge in [-0.3, -0.25) is 0 Å². The molecule has 0 spiro atoms. The molecule has 0 atom stereocenters. The third-order valence-corrected chi connectivity index (χ3v) is 10.4. The molecule has 0 radical (unpaired) electrons. The number of furan rings is 1. The van der Waals surface area contributed by atoms with Gasteiger partial charge in [0.05, 0.1) is 0 Å². The van der Waals surface area contributed by atoms with E-state index in [4.69, 9.17) is 4.42 Å². The molecule has 0 saturated heterocycles. The van der Waals surface area contributed by atoms with E-state index in [-0.39, 0.29) is 5.41 Å². The van der Waals surface area contributed by atoms with Gasteiger partial charge in [-0.1, -0.05) is 135 Å². The maximum absolute atomic E-state index is 6.56. The second kappa shape index (κ2) is 9.19. The summed E-state index contributed by atoms with van der Waals surface area (Å²) in [6, 6.07) is 53.4. The highest BCUT2D eigenvalue weighted by Gasteiger charge is 2.38. The van der Waals surface area contributed by atoms with Crippen LogP contribution in [0.4, 0.5) is 0 Å². The van der Waals surface area contributed by atoms with Gasteiger partial charge < -0.3 is 4.42 Å². The lowest BCUT2D eigenvalue weighted by atomic mass is 9.78. The smallest absolute Gasteiger partial charge is 0.143 e. The van der Waals surface area contributed by atoms with Gasteiger partial charge >= 0.3 is 0 Å². The average Bonchev–Trinajstić information content (AvgIpc) is 3.61. The predicted octanol–water partition coefficient (Wildman–Crippen LogP) is 12.7. The molecule has 1 heterocycles. The minimum Gasteiger partial charge on any atom is -0.455 e. The second-order valence-corrected chi connectivity index (χ2v) is 13.3. The highest BCUT2D eigenvalue weighted by Crippen LogP contribution is 2.55. The van der Waals surface area contributed by atoms with E-state index in [1.54, 1.807) is 0 Å². The summed E-state index contributed by atoms with van der Waals surface area (Å²) in [6.07, 6.45) is 0. The van der Waals surface area contributed by atoms with Gasteiger partial charge in [0, 0.05) is 21.6 Å². The Bertz CT molecular complexity index is 2720. The zero-order valence-corrected chi connectivity index (χ0v) is 25.8. The van der Waals surface area contributed by atoms with E-state index >= 15 is 0 Å². The van der Waals surface area contributed by atoms with Gasteiger partial charge in [-0.2, -0.15) is 0 Å². The van der Waals surface area contributed by atoms with E-state index in [0.717, 1.165) is 21.9 Å². The molecule has 1 aromatic heterocycles. The van der Waals surface area contributed by atoms with Gasteiger partial charge in [0.1, 0.15) is 11.2 Å². The van der Waals surface area contributed by atoms with Crippen LogP contribution < -0.4 is 0 Å². The van der Waals surface area contributed by atoms with Crippen molar-refractivity contribution >= 4 is 54.3 Å². The van der Waals surface area contributed by atoms with Crippen molar-refractivity contribution in [1.29, 1.82) is 0 Å². The highest BCUT2D eigenvalue weighted by atomic mass is 16.3. The van der Waals surface area contributed by atoms with Gasteiger partial charge in [-0.25, -0.2) is 0 Å². The van der Waals surface area contributed by atoms with Crippen molar-refractivity contribution in [3.05, 3.63) is 157 Å². The second-order valence-electron chi connectivity index (χ2n) is 13.3. The number of fused-ring (bicyclic) bond motifs is 11. The van der Waals surface area contributed by atoms with E-state index in [2.05, 4.69) is 159 Å². The van der Waals surface area contributed by atoms with Crippen molar-refractivity contribution in [2.45, 2.75) is 19.3 Å². The number of hydrogen-bond acceptors (Lipinski definition) is 1. The third kappa shape index (κ3) is 3.40. The van der Waals surface area contributed by atoms with Crippen molar-refractivity contribution in [1.82, 2.24) is 0 Å². The first-order valence-corrected chi connectivity index (χ1v) is 16.1. The van der Waals surface area contributed by atoms with Crippen molar-refractivity contribution in [2.24, 2.45) is 0 Å². The molecule has 10 rings (SSSR count). The summed E-state index contributed by atoms with van der Waals surface area (Å²) in [5.74, 6) is 0. The van der Waals surface area contributed by atoms with Gasteiger partial charge in [-0.15, -0.1) is 0 Å². The van der Waals surface area contributed by atoms with E-state index in [9.17, 15) is 0 Å². The van der Waals surface area contributed by atoms with E-state index in [0.29, 0.717) is 0 Å². The van der Waals surface area contributed by atoms with Gasteiger partial charge in [0.2, 0.25) is 0 Å². The molecule has 9 aromatic rings. The standard InChI is InChI=1S/C45H30O/c1-45(2)39-19-8-7-16-35(39)42-38(34-18-9-13-27-11-3-5-14-31(27)34)26-30-22-21-29(25-37(30)43(42)45)32-17-10-20-40-41(32)36-24-23-28-12-4-6-15-33(28)44(36)46-40/h3-26H,1-2H3. The zero-order valence-electron chi connectivity index (χ0n) is 25.8. The quantitative estimate of drug-likeness (QED) is 0.196. The van der Waals surface area contributed by atoms with E-state index in [1.807, 2.05) is 0 Å². The summed E-state index contributed by atoms with van der Waals surface area (Å²) in [6.45, 7) is 4.79. The molecule has 1 aliphatic carbocycles. The van der Waals surface area contributed by atoms with Crippen LogP contribution in [-0.4, -0.2) is 0 Å². The lowest BCUT2D eigenvalue weighted by Gasteiger charge is -2.24. The van der Waals surface area contributed by atoms with Crippen LogP contribution >= 0.6 is 0 Å². The van der Waals surface area contributed by atoms with E-state index in [1.165, 1.54) is 76.8 Å². The van der Waals surface area contributed by atoms with Crippen LogP contribution in [0.15, 0.2) is 150 Å². The van der Waals surface area contributed by atoms with Crippen molar-refractivity contribution < 1.29 is 4.42 Å². The molecule has 1 heteroatoms. The van der Waals surface area contributed by atoms with Gasteiger partial charge in [-0.05, 0) is 95.7 Å². The molecule has 1 nitrogen and oxygen atoms in total. The Balaban J connectivity index is 1.29. The van der Waals surface area contributed by atoms with E-state index < -0.39 is 0 Å². The highest BCUT2D eigenvalue weighted by molar-refractivity contribution is 6.19. The molecule has 0 N–H and O–H groups in total. The van der Waals surface area contributed by atoms with Gasteiger partial charge in [0.15, 0.2) is 0 Å². The molecule has 0 bridgehead atoms. The Morgan fingerprint density at radius 2 is 1.13 bits per heavy atom. The number of hydrogen-bond donors (Lipinski definition) is 0. The summed E-state index contributed by atoms with van der Waals surface area (Å²) >= 11 is 0. The molecular formula is C45H30O. The SMILES string of the molecule is CC1(C)c2ccccc2-c2c(-c3cccc4ccccc34)cc3ccc(-c4cccc5oc6c7ccccc7ccc6c45)cc3c21. The summed E-state index contributed by atoms with van der Waals surface area (Å²) in [5.41, 5.74) is 12.2. The maximum Gasteiger partial charge on any atom is 0.143 e. The third-order valence-electron chi connectivity index (χ3n) is 10.4. The first kappa shape index (κ1) is 25.6. The predicted molar refractivity (Wildman–Crippen MR) is 195 cm³/mol. The van der Waals surface area contributed by atoms with Crippen molar-refractivity contribution in [2.75, 3.05) is 0 Å². The number of rotatable bonds is 2. The largest absolute Gasteiger partial charge is 0.455 e. The molecule has 0 unspecified atom stereocenters. The molecule has 0 amide bonds. The Labute approximate surface area is 267 Å². The molecule has 8 aromatic carbocycles. The maximum atomic E-state index is 6.56. The summed E-state index contributed by atoms with van der Waals surface area (Å²) in [7, 11) is 0. The van der Waals surface area contributed by atoms with Crippen LogP contribution in [-0.2, 0) is 5.41 Å². The zero-order chi connectivity index (χ0) is 30.6. The lowest BCUT2D eigenvalue weighted by molar-refractivity contribution is 0.666. The molecule has 0 fully saturated rings. The first-order valence-electron chi connectivity index (χ1n) is 16.1. The Morgan fingerprint density at radius 1 is 0.457 bits per heavy atom. The Kier molecular flexibility index (Phi) is 5.12.